The van der Waals surface area contributed by atoms with Crippen LogP contribution in [0.1, 0.15) is 24.8 Å². The second-order valence-electron chi connectivity index (χ2n) is 5.95. The summed E-state index contributed by atoms with van der Waals surface area (Å²) in [6.07, 6.45) is 1.87. The maximum absolute atomic E-state index is 12.4. The van der Waals surface area contributed by atoms with Crippen LogP contribution in [0.2, 0.25) is 0 Å². The number of ether oxygens (including phenoxy) is 2. The molecule has 0 aromatic heterocycles. The van der Waals surface area contributed by atoms with Crippen molar-refractivity contribution in [1.29, 1.82) is 0 Å². The molecule has 1 aliphatic carbocycles. The Morgan fingerprint density at radius 2 is 2.00 bits per heavy atom. The molecule has 0 spiro atoms. The molecule has 8 heteroatoms. The SMILES string of the molecule is COc1ccc(CCNC(=O)[C@@H]2CC[C@H](C(=O)O)C2)cc1OC(F)F. The summed E-state index contributed by atoms with van der Waals surface area (Å²) >= 11 is 0. The molecule has 1 aromatic carbocycles. The van der Waals surface area contributed by atoms with Crippen molar-refractivity contribution >= 4 is 11.9 Å². The topological polar surface area (TPSA) is 84.9 Å². The lowest BCUT2D eigenvalue weighted by atomic mass is 10.0. The van der Waals surface area contributed by atoms with Crippen molar-refractivity contribution in [2.45, 2.75) is 32.3 Å². The van der Waals surface area contributed by atoms with E-state index in [9.17, 15) is 18.4 Å². The van der Waals surface area contributed by atoms with Gasteiger partial charge in [-0.2, -0.15) is 8.78 Å². The highest BCUT2D eigenvalue weighted by Crippen LogP contribution is 2.31. The zero-order chi connectivity index (χ0) is 18.4. The van der Waals surface area contributed by atoms with Crippen molar-refractivity contribution in [3.05, 3.63) is 23.8 Å². The van der Waals surface area contributed by atoms with E-state index in [0.29, 0.717) is 37.8 Å². The molecule has 2 atom stereocenters. The minimum atomic E-state index is -2.95. The number of carboxylic acids is 1. The van der Waals surface area contributed by atoms with E-state index in [-0.39, 0.29) is 23.3 Å². The van der Waals surface area contributed by atoms with Gasteiger partial charge in [-0.3, -0.25) is 9.59 Å². The number of halogens is 2. The summed E-state index contributed by atoms with van der Waals surface area (Å²) in [7, 11) is 1.36. The largest absolute Gasteiger partial charge is 0.493 e. The van der Waals surface area contributed by atoms with Gasteiger partial charge in [0.05, 0.1) is 13.0 Å². The number of hydrogen-bond acceptors (Lipinski definition) is 4. The number of benzene rings is 1. The van der Waals surface area contributed by atoms with E-state index < -0.39 is 18.5 Å². The zero-order valence-electron chi connectivity index (χ0n) is 13.8. The Kier molecular flexibility index (Phi) is 6.55. The van der Waals surface area contributed by atoms with Gasteiger partial charge in [0.1, 0.15) is 0 Å². The maximum Gasteiger partial charge on any atom is 0.387 e. The average molecular weight is 357 g/mol. The van der Waals surface area contributed by atoms with Crippen LogP contribution in [-0.2, 0) is 16.0 Å². The molecule has 1 aromatic rings. The molecule has 0 bridgehead atoms. The van der Waals surface area contributed by atoms with Gasteiger partial charge in [0.2, 0.25) is 5.91 Å². The summed E-state index contributed by atoms with van der Waals surface area (Å²) in [5, 5.41) is 11.7. The van der Waals surface area contributed by atoms with Gasteiger partial charge in [-0.1, -0.05) is 6.07 Å². The molecule has 0 aliphatic heterocycles. The monoisotopic (exact) mass is 357 g/mol. The molecule has 1 fully saturated rings. The number of hydrogen-bond donors (Lipinski definition) is 2. The van der Waals surface area contributed by atoms with E-state index in [1.165, 1.54) is 19.2 Å². The van der Waals surface area contributed by atoms with Gasteiger partial charge < -0.3 is 19.9 Å². The van der Waals surface area contributed by atoms with Crippen LogP contribution >= 0.6 is 0 Å². The van der Waals surface area contributed by atoms with Gasteiger partial charge >= 0.3 is 12.6 Å². The molecular formula is C17H21F2NO5. The van der Waals surface area contributed by atoms with Crippen LogP contribution < -0.4 is 14.8 Å². The van der Waals surface area contributed by atoms with Crippen LogP contribution in [0.15, 0.2) is 18.2 Å². The predicted octanol–water partition coefficient (Wildman–Crippen LogP) is 2.46. The number of alkyl halides is 2. The van der Waals surface area contributed by atoms with Crippen LogP contribution in [0.25, 0.3) is 0 Å². The fraction of sp³-hybridized carbons (Fsp3) is 0.529. The lowest BCUT2D eigenvalue weighted by Gasteiger charge is -2.13. The molecule has 0 saturated heterocycles. The van der Waals surface area contributed by atoms with Gasteiger partial charge in [-0.05, 0) is 43.4 Å². The third kappa shape index (κ3) is 5.30. The Balaban J connectivity index is 1.85. The molecule has 1 aliphatic rings. The highest BCUT2D eigenvalue weighted by Gasteiger charge is 2.33. The standard InChI is InChI=1S/C17H21F2NO5/c1-24-13-5-2-10(8-14(13)25-17(18)19)6-7-20-15(21)11-3-4-12(9-11)16(22)23/h2,5,8,11-12,17H,3-4,6-7,9H2,1H3,(H,20,21)(H,22,23)/t11-,12+/m1/s1. The fourth-order valence-electron chi connectivity index (χ4n) is 2.98. The summed E-state index contributed by atoms with van der Waals surface area (Å²) in [5.41, 5.74) is 0.714. The maximum atomic E-state index is 12.4. The summed E-state index contributed by atoms with van der Waals surface area (Å²) in [5.74, 6) is -1.61. The van der Waals surface area contributed by atoms with Gasteiger partial charge in [-0.25, -0.2) is 0 Å². The third-order valence-electron chi connectivity index (χ3n) is 4.31. The van der Waals surface area contributed by atoms with E-state index in [1.54, 1.807) is 6.07 Å². The number of nitrogens with one attached hydrogen (secondary N) is 1. The average Bonchev–Trinajstić information content (AvgIpc) is 3.05. The molecule has 138 valence electrons. The van der Waals surface area contributed by atoms with E-state index >= 15 is 0 Å². The molecule has 6 nitrogen and oxygen atoms in total. The summed E-state index contributed by atoms with van der Waals surface area (Å²) in [6, 6.07) is 4.69. The normalized spacial score (nSPS) is 19.7. The van der Waals surface area contributed by atoms with E-state index in [0.717, 1.165) is 0 Å². The highest BCUT2D eigenvalue weighted by molar-refractivity contribution is 5.80. The lowest BCUT2D eigenvalue weighted by molar-refractivity contribution is -0.141. The number of aliphatic carboxylic acids is 1. The Hall–Kier alpha value is -2.38. The summed E-state index contributed by atoms with van der Waals surface area (Å²) in [6.45, 7) is -2.62. The minimum absolute atomic E-state index is 0.0542. The number of methoxy groups -OCH3 is 1. The summed E-state index contributed by atoms with van der Waals surface area (Å²) in [4.78, 5) is 23.0. The number of carbonyl (C=O) groups excluding carboxylic acids is 1. The van der Waals surface area contributed by atoms with Gasteiger partial charge in [-0.15, -0.1) is 0 Å². The fourth-order valence-corrected chi connectivity index (χ4v) is 2.98. The first kappa shape index (κ1) is 19.0. The van der Waals surface area contributed by atoms with Gasteiger partial charge in [0.25, 0.3) is 0 Å². The predicted molar refractivity (Wildman–Crippen MR) is 84.8 cm³/mol. The van der Waals surface area contributed by atoms with Gasteiger partial charge in [0.15, 0.2) is 11.5 Å². The number of carbonyl (C=O) groups is 2. The van der Waals surface area contributed by atoms with Crippen molar-refractivity contribution in [2.75, 3.05) is 13.7 Å². The first-order chi connectivity index (χ1) is 11.9. The van der Waals surface area contributed by atoms with Crippen molar-refractivity contribution in [2.24, 2.45) is 11.8 Å². The molecule has 1 amide bonds. The molecule has 25 heavy (non-hydrogen) atoms. The third-order valence-corrected chi connectivity index (χ3v) is 4.31. The minimum Gasteiger partial charge on any atom is -0.493 e. The van der Waals surface area contributed by atoms with Crippen molar-refractivity contribution < 1.29 is 33.0 Å². The zero-order valence-corrected chi connectivity index (χ0v) is 13.8. The van der Waals surface area contributed by atoms with E-state index in [2.05, 4.69) is 10.1 Å². The Bertz CT molecular complexity index is 623. The lowest BCUT2D eigenvalue weighted by Crippen LogP contribution is -2.31. The molecular weight excluding hydrogens is 336 g/mol. The molecule has 0 heterocycles. The van der Waals surface area contributed by atoms with Crippen LogP contribution in [0, 0.1) is 11.8 Å². The quantitative estimate of drug-likeness (QED) is 0.747. The van der Waals surface area contributed by atoms with Crippen LogP contribution in [0.5, 0.6) is 11.5 Å². The second-order valence-corrected chi connectivity index (χ2v) is 5.95. The first-order valence-electron chi connectivity index (χ1n) is 8.03. The van der Waals surface area contributed by atoms with Crippen LogP contribution in [0.3, 0.4) is 0 Å². The molecule has 2 rings (SSSR count). The number of amides is 1. The van der Waals surface area contributed by atoms with E-state index in [4.69, 9.17) is 9.84 Å². The molecule has 2 N–H and O–H groups in total. The molecule has 0 unspecified atom stereocenters. The Morgan fingerprint density at radius 1 is 1.28 bits per heavy atom. The van der Waals surface area contributed by atoms with Crippen molar-refractivity contribution in [3.8, 4) is 11.5 Å². The first-order valence-corrected chi connectivity index (χ1v) is 8.03. The number of carboxylic acid groups (broad SMARTS) is 1. The van der Waals surface area contributed by atoms with Crippen molar-refractivity contribution in [3.63, 3.8) is 0 Å². The Morgan fingerprint density at radius 3 is 2.60 bits per heavy atom. The van der Waals surface area contributed by atoms with Gasteiger partial charge in [0, 0.05) is 12.5 Å². The smallest absolute Gasteiger partial charge is 0.387 e. The summed E-state index contributed by atoms with van der Waals surface area (Å²) < 4.78 is 34.2. The number of rotatable bonds is 8. The van der Waals surface area contributed by atoms with Crippen molar-refractivity contribution in [1.82, 2.24) is 5.32 Å². The molecule has 1 saturated carbocycles. The second kappa shape index (κ2) is 8.64. The van der Waals surface area contributed by atoms with Crippen LogP contribution in [-0.4, -0.2) is 37.2 Å². The van der Waals surface area contributed by atoms with Crippen LogP contribution in [0.4, 0.5) is 8.78 Å². The molecule has 0 radical (unpaired) electrons. The van der Waals surface area contributed by atoms with E-state index in [1.807, 2.05) is 0 Å². The Labute approximate surface area is 144 Å². The highest BCUT2D eigenvalue weighted by atomic mass is 19.3.